The number of anilines is 2. The van der Waals surface area contributed by atoms with Gasteiger partial charge in [0.1, 0.15) is 5.82 Å². The summed E-state index contributed by atoms with van der Waals surface area (Å²) in [6.07, 6.45) is 0. The van der Waals surface area contributed by atoms with Crippen molar-refractivity contribution in [1.29, 1.82) is 0 Å². The molecule has 2 heterocycles. The van der Waals surface area contributed by atoms with Crippen molar-refractivity contribution in [2.45, 2.75) is 18.4 Å². The molecule has 0 bridgehead atoms. The van der Waals surface area contributed by atoms with Crippen LogP contribution in [0.5, 0.6) is 0 Å². The zero-order chi connectivity index (χ0) is 14.5. The van der Waals surface area contributed by atoms with E-state index in [-0.39, 0.29) is 22.6 Å². The van der Waals surface area contributed by atoms with Crippen LogP contribution in [0.4, 0.5) is 24.7 Å². The van der Waals surface area contributed by atoms with Crippen LogP contribution >= 0.6 is 0 Å². The van der Waals surface area contributed by atoms with Gasteiger partial charge in [-0.05, 0) is 18.2 Å². The number of rotatable bonds is 1. The van der Waals surface area contributed by atoms with Crippen molar-refractivity contribution in [3.05, 3.63) is 53.5 Å². The summed E-state index contributed by atoms with van der Waals surface area (Å²) in [5, 5.41) is 13.4. The summed E-state index contributed by atoms with van der Waals surface area (Å²) in [6.45, 7) is 0.627. The van der Waals surface area contributed by atoms with E-state index >= 15 is 0 Å². The molecule has 0 fully saturated rings. The molecule has 0 radical (unpaired) electrons. The number of nitrogens with one attached hydrogen (secondary N) is 1. The summed E-state index contributed by atoms with van der Waals surface area (Å²) in [4.78, 5) is 3.55. The predicted octanol–water partition coefficient (Wildman–Crippen LogP) is 3.17. The number of hydrogen-bond donors (Lipinski definition) is 2. The number of hydrogen-bond acceptors (Lipinski definition) is 3. The summed E-state index contributed by atoms with van der Waals surface area (Å²) in [7, 11) is 0. The van der Waals surface area contributed by atoms with E-state index in [1.165, 1.54) is 12.1 Å². The van der Waals surface area contributed by atoms with E-state index in [2.05, 4.69) is 10.3 Å². The maximum absolute atomic E-state index is 14.1. The van der Waals surface area contributed by atoms with Gasteiger partial charge in [0.25, 0.3) is 5.92 Å². The monoisotopic (exact) mass is 280 g/mol. The van der Waals surface area contributed by atoms with E-state index in [0.29, 0.717) is 6.92 Å². The lowest BCUT2D eigenvalue weighted by Crippen LogP contribution is -2.46. The summed E-state index contributed by atoms with van der Waals surface area (Å²) in [6, 6.07) is 8.19. The molecule has 0 spiro atoms. The quantitative estimate of drug-likeness (QED) is 0.789. The van der Waals surface area contributed by atoms with Gasteiger partial charge in [-0.2, -0.15) is 4.39 Å². The number of halogens is 3. The van der Waals surface area contributed by atoms with Crippen LogP contribution in [-0.4, -0.2) is 16.0 Å². The fourth-order valence-electron chi connectivity index (χ4n) is 2.48. The molecule has 1 aliphatic heterocycles. The third-order valence-corrected chi connectivity index (χ3v) is 3.46. The molecule has 3 nitrogen and oxygen atoms in total. The van der Waals surface area contributed by atoms with Crippen molar-refractivity contribution in [1.82, 2.24) is 4.98 Å². The molecular formula is C14H11F3N2O. The highest BCUT2D eigenvalue weighted by atomic mass is 19.3. The van der Waals surface area contributed by atoms with Crippen LogP contribution in [0.25, 0.3) is 0 Å². The maximum atomic E-state index is 14.1. The van der Waals surface area contributed by atoms with E-state index in [0.717, 1.165) is 12.1 Å². The first kappa shape index (κ1) is 12.9. The van der Waals surface area contributed by atoms with Gasteiger partial charge in [0.2, 0.25) is 5.95 Å². The first-order chi connectivity index (χ1) is 9.34. The molecule has 0 aliphatic carbocycles. The number of benzene rings is 1. The summed E-state index contributed by atoms with van der Waals surface area (Å²) < 4.78 is 41.3. The van der Waals surface area contributed by atoms with Gasteiger partial charge in [-0.1, -0.05) is 18.2 Å². The van der Waals surface area contributed by atoms with Crippen molar-refractivity contribution in [2.24, 2.45) is 0 Å². The van der Waals surface area contributed by atoms with E-state index in [1.807, 2.05) is 0 Å². The van der Waals surface area contributed by atoms with Crippen molar-refractivity contribution < 1.29 is 18.3 Å². The lowest BCUT2D eigenvalue weighted by atomic mass is 9.78. The Hall–Kier alpha value is -2.08. The summed E-state index contributed by atoms with van der Waals surface area (Å²) in [5.41, 5.74) is -2.38. The van der Waals surface area contributed by atoms with E-state index in [4.69, 9.17) is 0 Å². The molecule has 1 atom stereocenters. The second-order valence-electron chi connectivity index (χ2n) is 4.80. The maximum Gasteiger partial charge on any atom is 0.282 e. The Morgan fingerprint density at radius 1 is 1.15 bits per heavy atom. The van der Waals surface area contributed by atoms with Crippen molar-refractivity contribution in [2.75, 3.05) is 5.32 Å². The van der Waals surface area contributed by atoms with Crippen LogP contribution in [0.1, 0.15) is 18.1 Å². The van der Waals surface area contributed by atoms with Gasteiger partial charge in [0, 0.05) is 23.7 Å². The molecule has 1 aliphatic rings. The Balaban J connectivity index is 2.34. The van der Waals surface area contributed by atoms with Gasteiger partial charge in [-0.15, -0.1) is 0 Å². The second-order valence-corrected chi connectivity index (χ2v) is 4.80. The largest absolute Gasteiger partial charge is 0.374 e. The fraction of sp³-hybridized carbons (Fsp3) is 0.214. The number of nitrogens with zero attached hydrogens (tertiary/aromatic N) is 1. The molecule has 3 rings (SSSR count). The van der Waals surface area contributed by atoms with Gasteiger partial charge in [-0.3, -0.25) is 0 Å². The standard InChI is InChI=1S/C14H11F3N2O/c1-13(16,17)14(20)8-4-2-3-5-10(8)18-12-9(14)6-7-11(15)19-12/h2-7,20H,1H3,(H,18,19). The number of alkyl halides is 2. The number of aromatic nitrogens is 1. The lowest BCUT2D eigenvalue weighted by molar-refractivity contribution is -0.151. The molecule has 1 aromatic heterocycles. The lowest BCUT2D eigenvalue weighted by Gasteiger charge is -2.39. The van der Waals surface area contributed by atoms with Crippen LogP contribution in [0, 0.1) is 5.95 Å². The SMILES string of the molecule is CC(F)(F)C1(O)c2ccccc2Nc2nc(F)ccc21. The Morgan fingerprint density at radius 2 is 1.85 bits per heavy atom. The molecule has 2 N–H and O–H groups in total. The first-order valence-electron chi connectivity index (χ1n) is 5.98. The molecule has 2 aromatic rings. The molecule has 0 saturated heterocycles. The van der Waals surface area contributed by atoms with Crippen molar-refractivity contribution in [3.63, 3.8) is 0 Å². The Morgan fingerprint density at radius 3 is 2.55 bits per heavy atom. The molecule has 6 heteroatoms. The molecule has 1 unspecified atom stereocenters. The van der Waals surface area contributed by atoms with Crippen LogP contribution < -0.4 is 5.32 Å². The first-order valence-corrected chi connectivity index (χ1v) is 5.98. The van der Waals surface area contributed by atoms with Crippen LogP contribution in [0.2, 0.25) is 0 Å². The average molecular weight is 280 g/mol. The molecule has 0 saturated carbocycles. The number of para-hydroxylation sites is 1. The highest BCUT2D eigenvalue weighted by Gasteiger charge is 2.55. The normalized spacial score (nSPS) is 20.9. The van der Waals surface area contributed by atoms with E-state index < -0.39 is 17.5 Å². The van der Waals surface area contributed by atoms with Gasteiger partial charge < -0.3 is 10.4 Å². The number of fused-ring (bicyclic) bond motifs is 2. The van der Waals surface area contributed by atoms with Crippen LogP contribution in [0.3, 0.4) is 0 Å². The van der Waals surface area contributed by atoms with Crippen LogP contribution in [-0.2, 0) is 5.60 Å². The number of pyridine rings is 1. The van der Waals surface area contributed by atoms with Gasteiger partial charge >= 0.3 is 0 Å². The summed E-state index contributed by atoms with van der Waals surface area (Å²) >= 11 is 0. The molecule has 20 heavy (non-hydrogen) atoms. The smallest absolute Gasteiger partial charge is 0.282 e. The number of aliphatic hydroxyl groups is 1. The Labute approximate surface area is 113 Å². The summed E-state index contributed by atoms with van der Waals surface area (Å²) in [5.74, 6) is -4.37. The van der Waals surface area contributed by atoms with E-state index in [9.17, 15) is 18.3 Å². The van der Waals surface area contributed by atoms with E-state index in [1.54, 1.807) is 12.1 Å². The van der Waals surface area contributed by atoms with Gasteiger partial charge in [-0.25, -0.2) is 13.8 Å². The molecule has 104 valence electrons. The zero-order valence-corrected chi connectivity index (χ0v) is 10.5. The molecular weight excluding hydrogens is 269 g/mol. The molecule has 1 aromatic carbocycles. The van der Waals surface area contributed by atoms with Crippen molar-refractivity contribution in [3.8, 4) is 0 Å². The van der Waals surface area contributed by atoms with Crippen molar-refractivity contribution >= 4 is 11.5 Å². The minimum absolute atomic E-state index is 0.0356. The average Bonchev–Trinajstić information content (AvgIpc) is 2.37. The third-order valence-electron chi connectivity index (χ3n) is 3.46. The third kappa shape index (κ3) is 1.61. The predicted molar refractivity (Wildman–Crippen MR) is 67.5 cm³/mol. The second kappa shape index (κ2) is 3.96. The van der Waals surface area contributed by atoms with Gasteiger partial charge in [0.15, 0.2) is 5.60 Å². The Bertz CT molecular complexity index is 684. The Kier molecular flexibility index (Phi) is 2.56. The molecule has 0 amide bonds. The highest BCUT2D eigenvalue weighted by molar-refractivity contribution is 5.73. The zero-order valence-electron chi connectivity index (χ0n) is 10.5. The fourth-order valence-corrected chi connectivity index (χ4v) is 2.48. The topological polar surface area (TPSA) is 45.1 Å². The minimum atomic E-state index is -3.46. The minimum Gasteiger partial charge on any atom is -0.374 e. The van der Waals surface area contributed by atoms with Gasteiger partial charge in [0.05, 0.1) is 0 Å². The van der Waals surface area contributed by atoms with Crippen LogP contribution in [0.15, 0.2) is 36.4 Å². The highest BCUT2D eigenvalue weighted by Crippen LogP contribution is 2.50.